The largest absolute Gasteiger partial charge is 0.292 e. The summed E-state index contributed by atoms with van der Waals surface area (Å²) < 4.78 is 4.48. The molecule has 7 rings (SSSR count). The molecule has 2 heterocycles. The van der Waals surface area contributed by atoms with Gasteiger partial charge in [-0.25, -0.2) is 9.97 Å². The van der Waals surface area contributed by atoms with Crippen LogP contribution in [0.25, 0.3) is 56.2 Å². The molecule has 4 nitrogen and oxygen atoms in total. The predicted octanol–water partition coefficient (Wildman–Crippen LogP) is 8.32. The van der Waals surface area contributed by atoms with Crippen molar-refractivity contribution in [1.29, 1.82) is 0 Å². The Morgan fingerprint density at radius 1 is 0.447 bits per heavy atom. The van der Waals surface area contributed by atoms with Gasteiger partial charge >= 0.3 is 0 Å². The van der Waals surface area contributed by atoms with Crippen molar-refractivity contribution in [2.45, 2.75) is 13.8 Å². The second-order valence-electron chi connectivity index (χ2n) is 9.77. The lowest BCUT2D eigenvalue weighted by atomic mass is 10.1. The fourth-order valence-corrected chi connectivity index (χ4v) is 5.21. The maximum atomic E-state index is 5.07. The van der Waals surface area contributed by atoms with Crippen LogP contribution in [0.3, 0.4) is 0 Å². The summed E-state index contributed by atoms with van der Waals surface area (Å²) in [5.74, 6) is 1.85. The Labute approximate surface area is 221 Å². The first-order valence-electron chi connectivity index (χ1n) is 12.9. The fourth-order valence-electron chi connectivity index (χ4n) is 5.21. The molecule has 5 aromatic carbocycles. The molecule has 0 spiro atoms. The molecule has 7 aromatic rings. The first-order valence-corrected chi connectivity index (χ1v) is 12.9. The summed E-state index contributed by atoms with van der Waals surface area (Å²) in [6.07, 6.45) is 0. The molecule has 182 valence electrons. The van der Waals surface area contributed by atoms with Crippen molar-refractivity contribution in [2.24, 2.45) is 0 Å². The lowest BCUT2D eigenvalue weighted by molar-refractivity contribution is 1.10. The van der Waals surface area contributed by atoms with E-state index >= 15 is 0 Å². The van der Waals surface area contributed by atoms with Crippen molar-refractivity contribution in [3.63, 3.8) is 0 Å². The Kier molecular flexibility index (Phi) is 5.19. The number of aromatic nitrogens is 4. The molecule has 0 fully saturated rings. The minimum absolute atomic E-state index is 0.926. The normalized spacial score (nSPS) is 11.4. The van der Waals surface area contributed by atoms with Gasteiger partial charge < -0.3 is 0 Å². The van der Waals surface area contributed by atoms with E-state index in [1.54, 1.807) is 0 Å². The van der Waals surface area contributed by atoms with Crippen molar-refractivity contribution >= 4 is 22.1 Å². The van der Waals surface area contributed by atoms with Crippen molar-refractivity contribution in [3.8, 4) is 34.2 Å². The molecule has 0 saturated heterocycles. The van der Waals surface area contributed by atoms with E-state index in [2.05, 4.69) is 132 Å². The summed E-state index contributed by atoms with van der Waals surface area (Å²) in [5.41, 5.74) is 10.9. The van der Waals surface area contributed by atoms with Crippen molar-refractivity contribution in [2.75, 3.05) is 0 Å². The average molecular weight is 491 g/mol. The Bertz CT molecular complexity index is 1770. The number of imidazole rings is 2. The van der Waals surface area contributed by atoms with Crippen LogP contribution in [0, 0.1) is 13.8 Å². The molecule has 0 bridgehead atoms. The van der Waals surface area contributed by atoms with E-state index < -0.39 is 0 Å². The van der Waals surface area contributed by atoms with Gasteiger partial charge in [0.15, 0.2) is 0 Å². The van der Waals surface area contributed by atoms with Crippen LogP contribution in [0.1, 0.15) is 11.1 Å². The van der Waals surface area contributed by atoms with E-state index in [4.69, 9.17) is 9.97 Å². The smallest absolute Gasteiger partial charge is 0.145 e. The zero-order valence-corrected chi connectivity index (χ0v) is 21.3. The van der Waals surface area contributed by atoms with Gasteiger partial charge in [-0.1, -0.05) is 72.8 Å². The van der Waals surface area contributed by atoms with Gasteiger partial charge in [0.2, 0.25) is 0 Å². The van der Waals surface area contributed by atoms with Crippen LogP contribution in [0.5, 0.6) is 0 Å². The summed E-state index contributed by atoms with van der Waals surface area (Å²) in [6.45, 7) is 4.21. The minimum Gasteiger partial charge on any atom is -0.292 e. The highest BCUT2D eigenvalue weighted by molar-refractivity contribution is 5.86. The first-order chi connectivity index (χ1) is 18.7. The van der Waals surface area contributed by atoms with Gasteiger partial charge in [0.1, 0.15) is 11.6 Å². The van der Waals surface area contributed by atoms with E-state index in [-0.39, 0.29) is 0 Å². The Hall–Kier alpha value is -4.96. The van der Waals surface area contributed by atoms with Gasteiger partial charge in [-0.05, 0) is 73.5 Å². The monoisotopic (exact) mass is 490 g/mol. The first kappa shape index (κ1) is 22.3. The molecule has 0 unspecified atom stereocenters. The molecule has 0 atom stereocenters. The highest BCUT2D eigenvalue weighted by Crippen LogP contribution is 2.33. The summed E-state index contributed by atoms with van der Waals surface area (Å²) >= 11 is 0. The molecule has 0 aliphatic heterocycles. The Balaban J connectivity index is 1.39. The number of hydrogen-bond acceptors (Lipinski definition) is 2. The van der Waals surface area contributed by atoms with Crippen LogP contribution in [-0.2, 0) is 0 Å². The topological polar surface area (TPSA) is 35.6 Å². The standard InChI is InChI=1S/C34H26N4/c1-23-13-19-31-29(21-23)35-33(37(31)27-9-5-3-6-10-27)25-15-17-26(18-16-25)34-36-30-22-24(2)14-20-32(30)38(34)28-11-7-4-8-12-28/h3-22H,1-2H3. The van der Waals surface area contributed by atoms with Crippen molar-refractivity contribution < 1.29 is 0 Å². The van der Waals surface area contributed by atoms with Gasteiger partial charge in [0, 0.05) is 22.5 Å². The van der Waals surface area contributed by atoms with E-state index in [0.717, 1.165) is 56.2 Å². The Morgan fingerprint density at radius 3 is 1.24 bits per heavy atom. The van der Waals surface area contributed by atoms with Gasteiger partial charge in [-0.3, -0.25) is 9.13 Å². The molecule has 38 heavy (non-hydrogen) atoms. The zero-order valence-electron chi connectivity index (χ0n) is 21.3. The third kappa shape index (κ3) is 3.70. The molecule has 2 aromatic heterocycles. The average Bonchev–Trinajstić information content (AvgIpc) is 3.52. The van der Waals surface area contributed by atoms with Gasteiger partial charge in [0.25, 0.3) is 0 Å². The van der Waals surface area contributed by atoms with E-state index in [1.165, 1.54) is 11.1 Å². The summed E-state index contributed by atoms with van der Waals surface area (Å²) in [6, 6.07) is 42.4. The number of benzene rings is 5. The highest BCUT2D eigenvalue weighted by atomic mass is 15.1. The minimum atomic E-state index is 0.926. The van der Waals surface area contributed by atoms with E-state index in [1.807, 2.05) is 12.1 Å². The third-order valence-corrected chi connectivity index (χ3v) is 7.05. The van der Waals surface area contributed by atoms with Crippen LogP contribution >= 0.6 is 0 Å². The zero-order chi connectivity index (χ0) is 25.6. The summed E-state index contributed by atoms with van der Waals surface area (Å²) in [7, 11) is 0. The second-order valence-corrected chi connectivity index (χ2v) is 9.77. The molecule has 0 aliphatic carbocycles. The highest BCUT2D eigenvalue weighted by Gasteiger charge is 2.17. The molecule has 0 amide bonds. The summed E-state index contributed by atoms with van der Waals surface area (Å²) in [5, 5.41) is 0. The molecular formula is C34H26N4. The number of fused-ring (bicyclic) bond motifs is 2. The molecular weight excluding hydrogens is 464 g/mol. The number of para-hydroxylation sites is 2. The number of nitrogens with zero attached hydrogens (tertiary/aromatic N) is 4. The lowest BCUT2D eigenvalue weighted by Gasteiger charge is -2.11. The van der Waals surface area contributed by atoms with Crippen LogP contribution in [0.2, 0.25) is 0 Å². The Morgan fingerprint density at radius 2 is 0.842 bits per heavy atom. The van der Waals surface area contributed by atoms with Crippen LogP contribution in [0.4, 0.5) is 0 Å². The second kappa shape index (κ2) is 8.86. The van der Waals surface area contributed by atoms with Gasteiger partial charge in [0.05, 0.1) is 22.1 Å². The maximum Gasteiger partial charge on any atom is 0.145 e. The number of aryl methyl sites for hydroxylation is 2. The van der Waals surface area contributed by atoms with E-state index in [0.29, 0.717) is 0 Å². The van der Waals surface area contributed by atoms with E-state index in [9.17, 15) is 0 Å². The van der Waals surface area contributed by atoms with Gasteiger partial charge in [-0.15, -0.1) is 0 Å². The predicted molar refractivity (Wildman–Crippen MR) is 156 cm³/mol. The molecule has 0 radical (unpaired) electrons. The lowest BCUT2D eigenvalue weighted by Crippen LogP contribution is -1.98. The third-order valence-electron chi connectivity index (χ3n) is 7.05. The molecule has 4 heteroatoms. The van der Waals surface area contributed by atoms with Crippen LogP contribution in [0.15, 0.2) is 121 Å². The SMILES string of the molecule is Cc1ccc2c(c1)nc(-c1ccc(-c3nc4cc(C)ccc4n3-c3ccccc3)cc1)n2-c1ccccc1. The molecule has 0 N–H and O–H groups in total. The van der Waals surface area contributed by atoms with Crippen LogP contribution in [-0.4, -0.2) is 19.1 Å². The van der Waals surface area contributed by atoms with Crippen molar-refractivity contribution in [3.05, 3.63) is 132 Å². The summed E-state index contributed by atoms with van der Waals surface area (Å²) in [4.78, 5) is 10.1. The number of rotatable bonds is 4. The maximum absolute atomic E-state index is 5.07. The fraction of sp³-hybridized carbons (Fsp3) is 0.0588. The van der Waals surface area contributed by atoms with Crippen molar-refractivity contribution in [1.82, 2.24) is 19.1 Å². The quantitative estimate of drug-likeness (QED) is 0.249. The number of hydrogen-bond donors (Lipinski definition) is 0. The van der Waals surface area contributed by atoms with Gasteiger partial charge in [-0.2, -0.15) is 0 Å². The molecule has 0 saturated carbocycles. The van der Waals surface area contributed by atoms with Crippen LogP contribution < -0.4 is 0 Å². The molecule has 0 aliphatic rings.